The normalized spacial score (nSPS) is 13.0. The molecule has 0 fully saturated rings. The number of benzene rings is 1. The highest BCUT2D eigenvalue weighted by Crippen LogP contribution is 2.21. The van der Waals surface area contributed by atoms with Crippen LogP contribution in [0, 0.1) is 0 Å². The molecule has 0 saturated heterocycles. The molecule has 1 rings (SSSR count). The molecule has 0 aliphatic heterocycles. The smallest absolute Gasteiger partial charge is 0.233 e. The van der Waals surface area contributed by atoms with Gasteiger partial charge in [-0.25, -0.2) is 0 Å². The first-order valence-corrected chi connectivity index (χ1v) is 4.37. The second-order valence-corrected chi connectivity index (χ2v) is 3.25. The van der Waals surface area contributed by atoms with Crippen molar-refractivity contribution in [2.24, 2.45) is 0 Å². The van der Waals surface area contributed by atoms with Crippen molar-refractivity contribution < 1.29 is 9.66 Å². The van der Waals surface area contributed by atoms with Crippen LogP contribution in [0.5, 0.6) is 5.75 Å². The quantitative estimate of drug-likeness (QED) is 0.567. The number of rotatable bonds is 1. The molecule has 0 aromatic heterocycles. The topological polar surface area (TPSA) is 43.0 Å². The Kier molecular flexibility index (Phi) is 2.19. The average molecular weight is 155 g/mol. The van der Waals surface area contributed by atoms with Crippen LogP contribution in [0.4, 0.5) is 0 Å². The van der Waals surface area contributed by atoms with Gasteiger partial charge in [-0.15, -0.1) is 0 Å². The van der Waals surface area contributed by atoms with E-state index in [2.05, 4.69) is 0 Å². The van der Waals surface area contributed by atoms with Crippen molar-refractivity contribution in [2.45, 2.75) is 4.90 Å². The van der Waals surface area contributed by atoms with Crippen molar-refractivity contribution in [3.63, 3.8) is 0 Å². The molecule has 1 aromatic rings. The monoisotopic (exact) mass is 155 g/mol. The van der Waals surface area contributed by atoms with Gasteiger partial charge in [0.15, 0.2) is 4.90 Å². The molecule has 1 radical (unpaired) electrons. The molecule has 0 bridgehead atoms. The van der Waals surface area contributed by atoms with Gasteiger partial charge in [0.05, 0.1) is 0 Å². The first kappa shape index (κ1) is 7.44. The molecule has 0 amide bonds. The third-order valence-electron chi connectivity index (χ3n) is 1.16. The molecule has 0 saturated carbocycles. The maximum Gasteiger partial charge on any atom is 0.233 e. The number of hydrogen-bond donors (Lipinski definition) is 0. The van der Waals surface area contributed by atoms with Gasteiger partial charge in [-0.05, 0) is 23.3 Å². The molecule has 2 nitrogen and oxygen atoms in total. The van der Waals surface area contributed by atoms with Crippen LogP contribution in [-0.2, 0) is 16.3 Å². The molecule has 0 aliphatic carbocycles. The van der Waals surface area contributed by atoms with Gasteiger partial charge in [-0.1, -0.05) is 12.1 Å². The molecule has 1 aromatic carbocycles. The van der Waals surface area contributed by atoms with Crippen molar-refractivity contribution >= 4 is 11.2 Å². The fraction of sp³-hybridized carbons (Fsp3) is 0.143. The summed E-state index contributed by atoms with van der Waals surface area (Å²) in [6, 6.07) is 6.34. The molecule has 1 unspecified atom stereocenters. The minimum Gasteiger partial charge on any atom is -0.612 e. The van der Waals surface area contributed by atoms with Gasteiger partial charge in [-0.2, -0.15) is 0 Å². The Morgan fingerprint density at radius 1 is 1.40 bits per heavy atom. The van der Waals surface area contributed by atoms with Gasteiger partial charge in [0.25, 0.3) is 0 Å². The minimum absolute atomic E-state index is 0.150. The molecule has 1 atom stereocenters. The van der Waals surface area contributed by atoms with E-state index in [0.717, 1.165) is 0 Å². The van der Waals surface area contributed by atoms with Crippen LogP contribution in [0.2, 0.25) is 0 Å². The van der Waals surface area contributed by atoms with E-state index in [1.54, 1.807) is 18.2 Å². The van der Waals surface area contributed by atoms with Crippen molar-refractivity contribution in [1.82, 2.24) is 0 Å². The fourth-order valence-corrected chi connectivity index (χ4v) is 1.31. The zero-order chi connectivity index (χ0) is 7.56. The molecule has 53 valence electrons. The number of para-hydroxylation sites is 1. The van der Waals surface area contributed by atoms with Crippen LogP contribution < -0.4 is 0 Å². The largest absolute Gasteiger partial charge is 0.612 e. The van der Waals surface area contributed by atoms with E-state index in [-0.39, 0.29) is 5.75 Å². The molecule has 10 heavy (non-hydrogen) atoms. The Balaban J connectivity index is 3.03. The zero-order valence-corrected chi connectivity index (χ0v) is 6.35. The van der Waals surface area contributed by atoms with Crippen molar-refractivity contribution in [3.05, 3.63) is 24.3 Å². The van der Waals surface area contributed by atoms with E-state index in [1.807, 2.05) is 0 Å². The highest BCUT2D eigenvalue weighted by atomic mass is 32.2. The van der Waals surface area contributed by atoms with Gasteiger partial charge >= 0.3 is 0 Å². The second kappa shape index (κ2) is 2.94. The van der Waals surface area contributed by atoms with Gasteiger partial charge in [0.1, 0.15) is 6.26 Å². The Labute approximate surface area is 62.7 Å². The van der Waals surface area contributed by atoms with Crippen LogP contribution in [-0.4, -0.2) is 10.8 Å². The van der Waals surface area contributed by atoms with Crippen molar-refractivity contribution in [1.29, 1.82) is 0 Å². The maximum absolute atomic E-state index is 10.9. The van der Waals surface area contributed by atoms with E-state index in [4.69, 9.17) is 0 Å². The summed E-state index contributed by atoms with van der Waals surface area (Å²) in [6.07, 6.45) is 1.50. The predicted octanol–water partition coefficient (Wildman–Crippen LogP) is 1.57. The molecular weight excluding hydrogens is 148 g/mol. The van der Waals surface area contributed by atoms with Crippen molar-refractivity contribution in [3.8, 4) is 5.75 Å². The second-order valence-electron chi connectivity index (χ2n) is 1.90. The van der Waals surface area contributed by atoms with Crippen molar-refractivity contribution in [2.75, 3.05) is 6.26 Å². The van der Waals surface area contributed by atoms with Gasteiger partial charge in [0.2, 0.25) is 5.75 Å². The lowest BCUT2D eigenvalue weighted by Gasteiger charge is -2.02. The maximum atomic E-state index is 10.9. The summed E-state index contributed by atoms with van der Waals surface area (Å²) in [4.78, 5) is 0.377. The average Bonchev–Trinajstić information content (AvgIpc) is 1.88. The summed E-state index contributed by atoms with van der Waals surface area (Å²) >= 11 is -1.15. The minimum atomic E-state index is -1.15. The Bertz CT molecular complexity index is 223. The molecule has 0 aliphatic rings. The Morgan fingerprint density at radius 3 is 2.40 bits per heavy atom. The highest BCUT2D eigenvalue weighted by Gasteiger charge is 2.09. The summed E-state index contributed by atoms with van der Waals surface area (Å²) in [5.74, 6) is -0.150. The van der Waals surface area contributed by atoms with Crippen LogP contribution in [0.25, 0.3) is 0 Å². The summed E-state index contributed by atoms with van der Waals surface area (Å²) in [7, 11) is 0. The Hall–Kier alpha value is -0.670. The van der Waals surface area contributed by atoms with Crippen LogP contribution in [0.15, 0.2) is 29.2 Å². The molecule has 0 N–H and O–H groups in total. The predicted molar refractivity (Wildman–Crippen MR) is 38.9 cm³/mol. The van der Waals surface area contributed by atoms with Crippen LogP contribution >= 0.6 is 0 Å². The summed E-state index contributed by atoms with van der Waals surface area (Å²) in [5, 5.41) is 10.9. The van der Waals surface area contributed by atoms with Crippen LogP contribution in [0.1, 0.15) is 0 Å². The zero-order valence-electron chi connectivity index (χ0n) is 5.53. The van der Waals surface area contributed by atoms with Gasteiger partial charge < -0.3 is 4.55 Å². The standard InChI is InChI=1S/C7H7O2S/c1-10(9)7-5-3-2-4-6(7)8/h2-5H,1H3. The molecular formula is C7H7O2S. The highest BCUT2D eigenvalue weighted by molar-refractivity contribution is 7.90. The lowest BCUT2D eigenvalue weighted by molar-refractivity contribution is 0.343. The summed E-state index contributed by atoms with van der Waals surface area (Å²) in [6.45, 7) is 0. The first-order valence-electron chi connectivity index (χ1n) is 2.81. The van der Waals surface area contributed by atoms with Crippen LogP contribution in [0.3, 0.4) is 0 Å². The fourth-order valence-electron chi connectivity index (χ4n) is 0.688. The third-order valence-corrected chi connectivity index (χ3v) is 2.12. The molecule has 0 heterocycles. The summed E-state index contributed by atoms with van der Waals surface area (Å²) in [5.41, 5.74) is 0. The molecule has 0 spiro atoms. The van der Waals surface area contributed by atoms with E-state index >= 15 is 0 Å². The SMILES string of the molecule is C[S+]([O-])c1ccccc1[O]. The lowest BCUT2D eigenvalue weighted by atomic mass is 10.3. The molecule has 3 heteroatoms. The number of hydrogen-bond acceptors (Lipinski definition) is 1. The Morgan fingerprint density at radius 2 is 2.00 bits per heavy atom. The van der Waals surface area contributed by atoms with E-state index in [9.17, 15) is 9.66 Å². The first-order chi connectivity index (χ1) is 4.72. The van der Waals surface area contributed by atoms with E-state index in [1.165, 1.54) is 12.3 Å². The van der Waals surface area contributed by atoms with E-state index in [0.29, 0.717) is 4.90 Å². The third kappa shape index (κ3) is 1.43. The van der Waals surface area contributed by atoms with E-state index < -0.39 is 11.2 Å². The summed E-state index contributed by atoms with van der Waals surface area (Å²) < 4.78 is 10.8. The lowest BCUT2D eigenvalue weighted by Crippen LogP contribution is -1.96. The van der Waals surface area contributed by atoms with Gasteiger partial charge in [0, 0.05) is 0 Å². The van der Waals surface area contributed by atoms with Gasteiger partial charge in [-0.3, -0.25) is 5.11 Å².